The minimum Gasteiger partial charge on any atom is -0.340 e. The van der Waals surface area contributed by atoms with E-state index in [2.05, 4.69) is 8.75 Å². The van der Waals surface area contributed by atoms with E-state index in [1.807, 2.05) is 18.7 Å². The van der Waals surface area contributed by atoms with Crippen molar-refractivity contribution in [1.29, 1.82) is 0 Å². The number of piperazine rings is 1. The highest BCUT2D eigenvalue weighted by Crippen LogP contribution is 2.26. The number of urea groups is 1. The van der Waals surface area contributed by atoms with Crippen LogP contribution in [0.5, 0.6) is 0 Å². The highest BCUT2D eigenvalue weighted by Gasteiger charge is 2.35. The zero-order chi connectivity index (χ0) is 23.6. The summed E-state index contributed by atoms with van der Waals surface area (Å²) in [5.41, 5.74) is 0.965. The standard InChI is InChI=1S/C21H30N6O4S2/c1-3-24(4-2)21(29)26-10-8-16(9-11-26)20(28)25-12-14-27(15-13-25)33(30,31)18-7-5-6-17-19(18)23-32-22-17/h5-7,16H,3-4,8-15H2,1-2H3. The van der Waals surface area contributed by atoms with Gasteiger partial charge in [0.25, 0.3) is 0 Å². The summed E-state index contributed by atoms with van der Waals surface area (Å²) in [6, 6.07) is 5.02. The summed E-state index contributed by atoms with van der Waals surface area (Å²) in [7, 11) is -3.71. The molecular formula is C21H30N6O4S2. The molecule has 0 radical (unpaired) electrons. The van der Waals surface area contributed by atoms with Crippen LogP contribution in [0, 0.1) is 5.92 Å². The quantitative estimate of drug-likeness (QED) is 0.626. The molecule has 1 aromatic heterocycles. The number of aromatic nitrogens is 2. The average Bonchev–Trinajstić information content (AvgIpc) is 3.33. The summed E-state index contributed by atoms with van der Waals surface area (Å²) in [6.45, 7) is 7.66. The molecule has 0 aliphatic carbocycles. The number of benzene rings is 1. The van der Waals surface area contributed by atoms with E-state index < -0.39 is 10.0 Å². The number of carbonyl (C=O) groups is 2. The lowest BCUT2D eigenvalue weighted by atomic mass is 9.95. The van der Waals surface area contributed by atoms with Crippen LogP contribution < -0.4 is 0 Å². The van der Waals surface area contributed by atoms with E-state index in [0.29, 0.717) is 63.1 Å². The second-order valence-corrected chi connectivity index (χ2v) is 10.8. The maximum absolute atomic E-state index is 13.2. The molecule has 12 heteroatoms. The first-order valence-electron chi connectivity index (χ1n) is 11.4. The van der Waals surface area contributed by atoms with Gasteiger partial charge in [0.1, 0.15) is 15.9 Å². The molecule has 180 valence electrons. The van der Waals surface area contributed by atoms with Crippen LogP contribution in [-0.4, -0.2) is 100 Å². The first-order chi connectivity index (χ1) is 15.9. The number of hydrogen-bond donors (Lipinski definition) is 0. The first-order valence-corrected chi connectivity index (χ1v) is 13.6. The number of hydrogen-bond acceptors (Lipinski definition) is 7. The van der Waals surface area contributed by atoms with Gasteiger partial charge in [0.15, 0.2) is 0 Å². The van der Waals surface area contributed by atoms with E-state index >= 15 is 0 Å². The molecule has 2 saturated heterocycles. The van der Waals surface area contributed by atoms with Gasteiger partial charge in [0.05, 0.1) is 11.7 Å². The molecule has 2 fully saturated rings. The van der Waals surface area contributed by atoms with Crippen molar-refractivity contribution in [3.05, 3.63) is 18.2 Å². The van der Waals surface area contributed by atoms with Gasteiger partial charge in [-0.3, -0.25) is 4.79 Å². The van der Waals surface area contributed by atoms with Gasteiger partial charge >= 0.3 is 6.03 Å². The fourth-order valence-electron chi connectivity index (χ4n) is 4.55. The molecule has 0 unspecified atom stereocenters. The Bertz CT molecular complexity index is 1100. The minimum atomic E-state index is -3.71. The van der Waals surface area contributed by atoms with Crippen LogP contribution in [0.15, 0.2) is 23.1 Å². The molecule has 2 aliphatic heterocycles. The van der Waals surface area contributed by atoms with Crippen molar-refractivity contribution in [2.45, 2.75) is 31.6 Å². The Morgan fingerprint density at radius 3 is 2.30 bits per heavy atom. The number of fused-ring (bicyclic) bond motifs is 1. The predicted octanol–water partition coefficient (Wildman–Crippen LogP) is 1.70. The Hall–Kier alpha value is -2.31. The highest BCUT2D eigenvalue weighted by atomic mass is 32.2. The minimum absolute atomic E-state index is 0.0371. The van der Waals surface area contributed by atoms with Crippen LogP contribution in [0.25, 0.3) is 11.0 Å². The smallest absolute Gasteiger partial charge is 0.319 e. The highest BCUT2D eigenvalue weighted by molar-refractivity contribution is 7.89. The molecule has 0 spiro atoms. The second kappa shape index (κ2) is 9.90. The molecule has 1 aromatic carbocycles. The van der Waals surface area contributed by atoms with E-state index in [-0.39, 0.29) is 35.8 Å². The van der Waals surface area contributed by atoms with E-state index in [1.54, 1.807) is 28.0 Å². The van der Waals surface area contributed by atoms with Crippen molar-refractivity contribution in [1.82, 2.24) is 27.8 Å². The van der Waals surface area contributed by atoms with Crippen LogP contribution in [-0.2, 0) is 14.8 Å². The SMILES string of the molecule is CCN(CC)C(=O)N1CCC(C(=O)N2CCN(S(=O)(=O)c3cccc4nsnc34)CC2)CC1. The predicted molar refractivity (Wildman–Crippen MR) is 125 cm³/mol. The topological polar surface area (TPSA) is 107 Å². The lowest BCUT2D eigenvalue weighted by molar-refractivity contribution is -0.138. The molecule has 0 saturated carbocycles. The number of piperidine rings is 1. The first kappa shape index (κ1) is 23.8. The van der Waals surface area contributed by atoms with Gasteiger partial charge in [-0.05, 0) is 38.8 Å². The molecule has 2 aliphatic rings. The summed E-state index contributed by atoms with van der Waals surface area (Å²) in [6.07, 6.45) is 1.28. The van der Waals surface area contributed by atoms with Gasteiger partial charge in [-0.25, -0.2) is 13.2 Å². The third-order valence-electron chi connectivity index (χ3n) is 6.57. The molecule has 3 amide bonds. The average molecular weight is 495 g/mol. The van der Waals surface area contributed by atoms with Gasteiger partial charge in [-0.1, -0.05) is 6.07 Å². The molecule has 0 atom stereocenters. The van der Waals surface area contributed by atoms with E-state index in [4.69, 9.17) is 0 Å². The van der Waals surface area contributed by atoms with Gasteiger partial charge in [0.2, 0.25) is 15.9 Å². The normalized spacial score (nSPS) is 18.6. The number of rotatable bonds is 5. The zero-order valence-corrected chi connectivity index (χ0v) is 20.6. The number of likely N-dealkylation sites (tertiary alicyclic amines) is 1. The molecular weight excluding hydrogens is 464 g/mol. The summed E-state index contributed by atoms with van der Waals surface area (Å²) in [5, 5.41) is 0. The Morgan fingerprint density at radius 2 is 1.67 bits per heavy atom. The van der Waals surface area contributed by atoms with Gasteiger partial charge in [-0.15, -0.1) is 0 Å². The lowest BCUT2D eigenvalue weighted by Gasteiger charge is -2.39. The van der Waals surface area contributed by atoms with Crippen molar-refractivity contribution in [2.75, 3.05) is 52.4 Å². The second-order valence-electron chi connectivity index (χ2n) is 8.33. The van der Waals surface area contributed by atoms with E-state index in [0.717, 1.165) is 11.7 Å². The molecule has 10 nitrogen and oxygen atoms in total. The number of sulfonamides is 1. The van der Waals surface area contributed by atoms with E-state index in [1.165, 1.54) is 4.31 Å². The van der Waals surface area contributed by atoms with Gasteiger partial charge < -0.3 is 14.7 Å². The zero-order valence-electron chi connectivity index (χ0n) is 19.0. The van der Waals surface area contributed by atoms with Crippen LogP contribution >= 0.6 is 11.7 Å². The van der Waals surface area contributed by atoms with Gasteiger partial charge in [0, 0.05) is 58.3 Å². The Morgan fingerprint density at radius 1 is 1.00 bits per heavy atom. The van der Waals surface area contributed by atoms with Gasteiger partial charge in [-0.2, -0.15) is 13.1 Å². The number of nitrogens with zero attached hydrogens (tertiary/aromatic N) is 6. The summed E-state index contributed by atoms with van der Waals surface area (Å²) >= 11 is 0.993. The molecule has 3 heterocycles. The van der Waals surface area contributed by atoms with Crippen LogP contribution in [0.3, 0.4) is 0 Å². The molecule has 33 heavy (non-hydrogen) atoms. The van der Waals surface area contributed by atoms with Crippen molar-refractivity contribution in [2.24, 2.45) is 5.92 Å². The molecule has 0 bridgehead atoms. The molecule has 0 N–H and O–H groups in total. The molecule has 2 aromatic rings. The third kappa shape index (κ3) is 4.69. The number of carbonyl (C=O) groups excluding carboxylic acids is 2. The van der Waals surface area contributed by atoms with Crippen LogP contribution in [0.1, 0.15) is 26.7 Å². The third-order valence-corrected chi connectivity index (χ3v) is 9.04. The largest absolute Gasteiger partial charge is 0.340 e. The van der Waals surface area contributed by atoms with Crippen molar-refractivity contribution >= 4 is 44.7 Å². The van der Waals surface area contributed by atoms with E-state index in [9.17, 15) is 18.0 Å². The van der Waals surface area contributed by atoms with Crippen molar-refractivity contribution in [3.63, 3.8) is 0 Å². The maximum Gasteiger partial charge on any atom is 0.319 e. The molecule has 4 rings (SSSR count). The maximum atomic E-state index is 13.2. The Labute approximate surface area is 198 Å². The fraction of sp³-hybridized carbons (Fsp3) is 0.619. The Balaban J connectivity index is 1.33. The van der Waals surface area contributed by atoms with Crippen molar-refractivity contribution in [3.8, 4) is 0 Å². The van der Waals surface area contributed by atoms with Crippen LogP contribution in [0.4, 0.5) is 4.79 Å². The lowest BCUT2D eigenvalue weighted by Crippen LogP contribution is -2.53. The van der Waals surface area contributed by atoms with Crippen molar-refractivity contribution < 1.29 is 18.0 Å². The Kier molecular flexibility index (Phi) is 7.15. The monoisotopic (exact) mass is 494 g/mol. The summed E-state index contributed by atoms with van der Waals surface area (Å²) < 4.78 is 36.1. The van der Waals surface area contributed by atoms with Crippen LogP contribution in [0.2, 0.25) is 0 Å². The number of amides is 3. The summed E-state index contributed by atoms with van der Waals surface area (Å²) in [5.74, 6) is -0.0588. The summed E-state index contributed by atoms with van der Waals surface area (Å²) in [4.78, 5) is 31.2. The fourth-order valence-corrected chi connectivity index (χ4v) is 6.72.